The Bertz CT molecular complexity index is 815. The van der Waals surface area contributed by atoms with Crippen LogP contribution in [-0.4, -0.2) is 19.4 Å². The minimum atomic E-state index is -0.749. The molecule has 2 amide bonds. The lowest BCUT2D eigenvalue weighted by atomic mass is 10.2. The standard InChI is InChI=1S/C16H14BrCl2N3O3/c1-24-14-5-10(7-21-22-16(20)23)11(17)6-15(14)25-8-9-2-3-12(18)13(19)4-9/h2-7H,8H2,1H3,(H3,20,22,23)/b21-7-. The summed E-state index contributed by atoms with van der Waals surface area (Å²) in [7, 11) is 1.53. The van der Waals surface area contributed by atoms with E-state index in [4.69, 9.17) is 38.4 Å². The van der Waals surface area contributed by atoms with Gasteiger partial charge >= 0.3 is 6.03 Å². The first-order valence-electron chi connectivity index (χ1n) is 6.93. The molecule has 0 atom stereocenters. The summed E-state index contributed by atoms with van der Waals surface area (Å²) in [5.74, 6) is 1.03. The molecule has 2 aromatic rings. The predicted molar refractivity (Wildman–Crippen MR) is 102 cm³/mol. The van der Waals surface area contributed by atoms with Gasteiger partial charge < -0.3 is 15.2 Å². The zero-order valence-electron chi connectivity index (χ0n) is 13.1. The molecule has 6 nitrogen and oxygen atoms in total. The Morgan fingerprint density at radius 3 is 2.68 bits per heavy atom. The van der Waals surface area contributed by atoms with E-state index in [2.05, 4.69) is 26.5 Å². The van der Waals surface area contributed by atoms with E-state index in [1.54, 1.807) is 24.3 Å². The number of carbonyl (C=O) groups is 1. The van der Waals surface area contributed by atoms with Crippen molar-refractivity contribution in [3.8, 4) is 11.5 Å². The van der Waals surface area contributed by atoms with Crippen molar-refractivity contribution in [3.05, 3.63) is 56.0 Å². The van der Waals surface area contributed by atoms with Gasteiger partial charge in [0.2, 0.25) is 0 Å². The van der Waals surface area contributed by atoms with Crippen molar-refractivity contribution in [3.63, 3.8) is 0 Å². The number of methoxy groups -OCH3 is 1. The van der Waals surface area contributed by atoms with E-state index in [9.17, 15) is 4.79 Å². The summed E-state index contributed by atoms with van der Waals surface area (Å²) < 4.78 is 11.8. The molecule has 0 saturated heterocycles. The Labute approximate surface area is 163 Å². The highest BCUT2D eigenvalue weighted by Crippen LogP contribution is 2.33. The fourth-order valence-electron chi connectivity index (χ4n) is 1.88. The number of hydrogen-bond donors (Lipinski definition) is 2. The molecule has 0 unspecified atom stereocenters. The molecule has 0 aliphatic carbocycles. The Morgan fingerprint density at radius 1 is 1.28 bits per heavy atom. The third-order valence-corrected chi connectivity index (χ3v) is 4.47. The van der Waals surface area contributed by atoms with Crippen molar-refractivity contribution >= 4 is 51.4 Å². The van der Waals surface area contributed by atoms with E-state index in [1.807, 2.05) is 6.07 Å². The average Bonchev–Trinajstić information content (AvgIpc) is 2.57. The van der Waals surface area contributed by atoms with Gasteiger partial charge in [-0.2, -0.15) is 5.10 Å². The molecule has 0 radical (unpaired) electrons. The SMILES string of the molecule is COc1cc(/C=N\NC(N)=O)c(Br)cc1OCc1ccc(Cl)c(Cl)c1. The Hall–Kier alpha value is -1.96. The van der Waals surface area contributed by atoms with E-state index in [1.165, 1.54) is 13.3 Å². The molecule has 2 aromatic carbocycles. The monoisotopic (exact) mass is 445 g/mol. The maximum absolute atomic E-state index is 10.6. The molecule has 0 aromatic heterocycles. The molecule has 0 fully saturated rings. The first kappa shape index (κ1) is 19.4. The largest absolute Gasteiger partial charge is 0.493 e. The minimum Gasteiger partial charge on any atom is -0.493 e. The van der Waals surface area contributed by atoms with E-state index in [-0.39, 0.29) is 6.61 Å². The van der Waals surface area contributed by atoms with Crippen LogP contribution >= 0.6 is 39.1 Å². The van der Waals surface area contributed by atoms with Gasteiger partial charge in [-0.1, -0.05) is 29.3 Å². The van der Waals surface area contributed by atoms with Crippen molar-refractivity contribution in [1.82, 2.24) is 5.43 Å². The summed E-state index contributed by atoms with van der Waals surface area (Å²) in [4.78, 5) is 10.6. The highest BCUT2D eigenvalue weighted by Gasteiger charge is 2.10. The van der Waals surface area contributed by atoms with Crippen LogP contribution in [0.25, 0.3) is 0 Å². The number of halogens is 3. The summed E-state index contributed by atoms with van der Waals surface area (Å²) in [5.41, 5.74) is 8.61. The normalized spacial score (nSPS) is 10.7. The second-order valence-electron chi connectivity index (χ2n) is 4.80. The fourth-order valence-corrected chi connectivity index (χ4v) is 2.62. The van der Waals surface area contributed by atoms with E-state index >= 15 is 0 Å². The number of hydrazone groups is 1. The van der Waals surface area contributed by atoms with Crippen LogP contribution in [0.4, 0.5) is 4.79 Å². The first-order valence-corrected chi connectivity index (χ1v) is 8.48. The number of rotatable bonds is 6. The molecule has 0 aliphatic rings. The van der Waals surface area contributed by atoms with Gasteiger partial charge in [-0.15, -0.1) is 0 Å². The molecule has 0 heterocycles. The lowest BCUT2D eigenvalue weighted by Gasteiger charge is -2.13. The maximum Gasteiger partial charge on any atom is 0.332 e. The number of amides is 2. The molecule has 9 heteroatoms. The predicted octanol–water partition coefficient (Wildman–Crippen LogP) is 4.35. The molecule has 25 heavy (non-hydrogen) atoms. The van der Waals surface area contributed by atoms with Crippen molar-refractivity contribution in [2.24, 2.45) is 10.8 Å². The fraction of sp³-hybridized carbons (Fsp3) is 0.125. The molecular weight excluding hydrogens is 433 g/mol. The number of nitrogens with zero attached hydrogens (tertiary/aromatic N) is 1. The minimum absolute atomic E-state index is 0.288. The zero-order valence-corrected chi connectivity index (χ0v) is 16.2. The van der Waals surface area contributed by atoms with Crippen LogP contribution in [0.15, 0.2) is 39.9 Å². The number of ether oxygens (including phenoxy) is 2. The molecular formula is C16H14BrCl2N3O3. The third-order valence-electron chi connectivity index (χ3n) is 3.04. The average molecular weight is 447 g/mol. The van der Waals surface area contributed by atoms with Crippen LogP contribution in [0.2, 0.25) is 10.0 Å². The summed E-state index contributed by atoms with van der Waals surface area (Å²) in [6.45, 7) is 0.288. The molecule has 2 rings (SSSR count). The first-order chi connectivity index (χ1) is 11.9. The second kappa shape index (κ2) is 8.94. The molecule has 132 valence electrons. The van der Waals surface area contributed by atoms with Crippen molar-refractivity contribution in [2.75, 3.05) is 7.11 Å². The highest BCUT2D eigenvalue weighted by atomic mass is 79.9. The third kappa shape index (κ3) is 5.52. The van der Waals surface area contributed by atoms with E-state index in [0.717, 1.165) is 5.56 Å². The molecule has 0 saturated carbocycles. The van der Waals surface area contributed by atoms with Crippen LogP contribution in [-0.2, 0) is 6.61 Å². The van der Waals surface area contributed by atoms with E-state index < -0.39 is 6.03 Å². The summed E-state index contributed by atoms with van der Waals surface area (Å²) in [6, 6.07) is 7.97. The Morgan fingerprint density at radius 2 is 2.04 bits per heavy atom. The van der Waals surface area contributed by atoms with Crippen LogP contribution in [0.5, 0.6) is 11.5 Å². The number of nitrogens with two attached hydrogens (primary N) is 1. The van der Waals surface area contributed by atoms with E-state index in [0.29, 0.717) is 31.6 Å². The van der Waals surface area contributed by atoms with Gasteiger partial charge in [-0.25, -0.2) is 10.2 Å². The Kier molecular flexibility index (Phi) is 6.92. The number of hydrogen-bond acceptors (Lipinski definition) is 4. The smallest absolute Gasteiger partial charge is 0.332 e. The van der Waals surface area contributed by atoms with Crippen LogP contribution in [0.1, 0.15) is 11.1 Å². The summed E-state index contributed by atoms with van der Waals surface area (Å²) in [6.07, 6.45) is 1.43. The van der Waals surface area contributed by atoms with Crippen LogP contribution in [0, 0.1) is 0 Å². The number of nitrogens with one attached hydrogen (secondary N) is 1. The zero-order chi connectivity index (χ0) is 18.4. The van der Waals surface area contributed by atoms with Gasteiger partial charge in [0.15, 0.2) is 11.5 Å². The number of benzene rings is 2. The number of primary amides is 1. The van der Waals surface area contributed by atoms with Crippen molar-refractivity contribution in [1.29, 1.82) is 0 Å². The topological polar surface area (TPSA) is 85.9 Å². The summed E-state index contributed by atoms with van der Waals surface area (Å²) in [5, 5.41) is 4.66. The number of urea groups is 1. The molecule has 0 spiro atoms. The second-order valence-corrected chi connectivity index (χ2v) is 6.46. The maximum atomic E-state index is 10.6. The molecule has 0 bridgehead atoms. The lowest BCUT2D eigenvalue weighted by Crippen LogP contribution is -2.24. The van der Waals surface area contributed by atoms with Gasteiger partial charge in [0.25, 0.3) is 0 Å². The summed E-state index contributed by atoms with van der Waals surface area (Å²) >= 11 is 15.3. The van der Waals surface area contributed by atoms with Crippen LogP contribution < -0.4 is 20.6 Å². The van der Waals surface area contributed by atoms with Gasteiger partial charge in [0, 0.05) is 10.0 Å². The quantitative estimate of drug-likeness (QED) is 0.510. The Balaban J connectivity index is 2.17. The molecule has 0 aliphatic heterocycles. The van der Waals surface area contributed by atoms with Gasteiger partial charge in [-0.3, -0.25) is 0 Å². The van der Waals surface area contributed by atoms with Crippen LogP contribution in [0.3, 0.4) is 0 Å². The van der Waals surface area contributed by atoms with Gasteiger partial charge in [0.05, 0.1) is 23.4 Å². The van der Waals surface area contributed by atoms with Gasteiger partial charge in [-0.05, 0) is 45.8 Å². The lowest BCUT2D eigenvalue weighted by molar-refractivity contribution is 0.249. The van der Waals surface area contributed by atoms with Crippen molar-refractivity contribution in [2.45, 2.75) is 6.61 Å². The van der Waals surface area contributed by atoms with Crippen molar-refractivity contribution < 1.29 is 14.3 Å². The number of carbonyl (C=O) groups excluding carboxylic acids is 1. The molecule has 3 N–H and O–H groups in total. The highest BCUT2D eigenvalue weighted by molar-refractivity contribution is 9.10. The van der Waals surface area contributed by atoms with Gasteiger partial charge in [0.1, 0.15) is 6.61 Å².